The van der Waals surface area contributed by atoms with Crippen LogP contribution >= 0.6 is 23.4 Å². The summed E-state index contributed by atoms with van der Waals surface area (Å²) in [5, 5.41) is 10.9. The van der Waals surface area contributed by atoms with Crippen LogP contribution in [-0.4, -0.2) is 47.3 Å². The molecule has 0 radical (unpaired) electrons. The van der Waals surface area contributed by atoms with Crippen LogP contribution in [0.25, 0.3) is 0 Å². The van der Waals surface area contributed by atoms with Gasteiger partial charge in [0.2, 0.25) is 0 Å². The van der Waals surface area contributed by atoms with Gasteiger partial charge in [0.05, 0.1) is 6.61 Å². The quantitative estimate of drug-likeness (QED) is 0.295. The van der Waals surface area contributed by atoms with Gasteiger partial charge in [0, 0.05) is 40.1 Å². The van der Waals surface area contributed by atoms with Gasteiger partial charge in [0.25, 0.3) is 0 Å². The molecule has 1 aliphatic carbocycles. The number of Topliss-reactive ketones (excluding diaryl/α,β-unsaturated/α-hetero) is 1. The van der Waals surface area contributed by atoms with Crippen LogP contribution in [-0.2, 0) is 14.3 Å². The summed E-state index contributed by atoms with van der Waals surface area (Å²) in [4.78, 5) is 31.9. The van der Waals surface area contributed by atoms with Crippen molar-refractivity contribution in [3.05, 3.63) is 69.9 Å². The van der Waals surface area contributed by atoms with E-state index in [1.165, 1.54) is 0 Å². The van der Waals surface area contributed by atoms with Crippen LogP contribution in [0.15, 0.2) is 58.7 Å². The summed E-state index contributed by atoms with van der Waals surface area (Å²) in [6.45, 7) is 6.38. The Kier molecular flexibility index (Phi) is 8.98. The Morgan fingerprint density at radius 2 is 1.86 bits per heavy atom. The number of halogens is 1. The van der Waals surface area contributed by atoms with Gasteiger partial charge < -0.3 is 14.6 Å². The number of ether oxygens (including phenoxy) is 2. The van der Waals surface area contributed by atoms with Crippen LogP contribution in [0.2, 0.25) is 5.02 Å². The predicted octanol–water partition coefficient (Wildman–Crippen LogP) is 6.32. The van der Waals surface area contributed by atoms with E-state index in [-0.39, 0.29) is 17.5 Å². The third-order valence-corrected chi connectivity index (χ3v) is 7.92. The van der Waals surface area contributed by atoms with Crippen LogP contribution in [0.4, 0.5) is 0 Å². The van der Waals surface area contributed by atoms with E-state index in [2.05, 4.69) is 6.92 Å². The molecule has 4 rings (SSSR count). The SMILES string of the molecule is CCOc1cc(C2C3=C(CC(c4ccc(Cl)cc4)CC3=O)N=C(C)C2C(=O)OCCSCC)ccc1O. The van der Waals surface area contributed by atoms with Gasteiger partial charge in [0.15, 0.2) is 17.3 Å². The summed E-state index contributed by atoms with van der Waals surface area (Å²) in [7, 11) is 0. The van der Waals surface area contributed by atoms with E-state index in [1.807, 2.05) is 38.1 Å². The standard InChI is InChI=1S/C29H32ClNO5S/c1-4-35-25-16-19(8-11-23(25)32)27-26(29(34)36-12-13-37-5-2)17(3)31-22-14-20(15-24(33)28(22)27)18-6-9-21(30)10-7-18/h6-11,16,20,26-27,32H,4-5,12-15H2,1-3H3. The maximum Gasteiger partial charge on any atom is 0.315 e. The van der Waals surface area contributed by atoms with Crippen LogP contribution in [0, 0.1) is 5.92 Å². The van der Waals surface area contributed by atoms with Gasteiger partial charge in [-0.15, -0.1) is 0 Å². The molecule has 1 heterocycles. The Balaban J connectivity index is 1.75. The number of thioether (sulfide) groups is 1. The molecule has 0 spiro atoms. The van der Waals surface area contributed by atoms with Crippen LogP contribution in [0.1, 0.15) is 56.6 Å². The number of phenols is 1. The van der Waals surface area contributed by atoms with E-state index in [4.69, 9.17) is 26.1 Å². The maximum absolute atomic E-state index is 13.7. The molecule has 37 heavy (non-hydrogen) atoms. The minimum absolute atomic E-state index is 0.00879. The van der Waals surface area contributed by atoms with E-state index >= 15 is 0 Å². The monoisotopic (exact) mass is 541 g/mol. The Hall–Kier alpha value is -2.77. The molecule has 2 aromatic carbocycles. The maximum atomic E-state index is 13.7. The first-order chi connectivity index (χ1) is 17.8. The van der Waals surface area contributed by atoms with Crippen molar-refractivity contribution in [2.45, 2.75) is 45.4 Å². The topological polar surface area (TPSA) is 85.2 Å². The number of allylic oxidation sites excluding steroid dienone is 2. The van der Waals surface area contributed by atoms with Gasteiger partial charge in [-0.05, 0) is 67.3 Å². The van der Waals surface area contributed by atoms with Crippen molar-refractivity contribution in [2.75, 3.05) is 24.7 Å². The first kappa shape index (κ1) is 27.3. The Morgan fingerprint density at radius 3 is 2.57 bits per heavy atom. The van der Waals surface area contributed by atoms with Crippen molar-refractivity contribution in [1.82, 2.24) is 0 Å². The number of nitrogens with zero attached hydrogens (tertiary/aromatic N) is 1. The Morgan fingerprint density at radius 1 is 1.14 bits per heavy atom. The largest absolute Gasteiger partial charge is 0.504 e. The molecule has 3 unspecified atom stereocenters. The normalized spacial score (nSPS) is 21.4. The number of hydrogen-bond acceptors (Lipinski definition) is 7. The highest BCUT2D eigenvalue weighted by atomic mass is 35.5. The second-order valence-corrected chi connectivity index (χ2v) is 11.0. The average molecular weight is 542 g/mol. The number of carbonyl (C=O) groups is 2. The third-order valence-electron chi connectivity index (χ3n) is 6.80. The molecule has 196 valence electrons. The van der Waals surface area contributed by atoms with Crippen molar-refractivity contribution in [3.8, 4) is 11.5 Å². The Labute approximate surface area is 227 Å². The lowest BCUT2D eigenvalue weighted by Crippen LogP contribution is -2.38. The molecule has 0 amide bonds. The number of aliphatic imine (C=N–C) groups is 1. The van der Waals surface area contributed by atoms with E-state index in [9.17, 15) is 14.7 Å². The van der Waals surface area contributed by atoms with E-state index in [0.29, 0.717) is 65.1 Å². The lowest BCUT2D eigenvalue weighted by molar-refractivity contribution is -0.145. The summed E-state index contributed by atoms with van der Waals surface area (Å²) in [5.41, 5.74) is 3.62. The molecule has 0 fully saturated rings. The third kappa shape index (κ3) is 6.04. The molecule has 6 nitrogen and oxygen atoms in total. The number of ketones is 1. The molecule has 3 atom stereocenters. The average Bonchev–Trinajstić information content (AvgIpc) is 2.87. The van der Waals surface area contributed by atoms with Gasteiger partial charge in [-0.25, -0.2) is 0 Å². The number of rotatable bonds is 9. The van der Waals surface area contributed by atoms with Gasteiger partial charge in [0.1, 0.15) is 12.5 Å². The van der Waals surface area contributed by atoms with E-state index in [0.717, 1.165) is 11.3 Å². The number of hydrogen-bond donors (Lipinski definition) is 1. The fourth-order valence-corrected chi connectivity index (χ4v) is 5.74. The lowest BCUT2D eigenvalue weighted by Gasteiger charge is -2.36. The highest BCUT2D eigenvalue weighted by Crippen LogP contribution is 2.48. The lowest BCUT2D eigenvalue weighted by atomic mass is 9.69. The van der Waals surface area contributed by atoms with Crippen molar-refractivity contribution in [2.24, 2.45) is 10.9 Å². The van der Waals surface area contributed by atoms with Crippen molar-refractivity contribution < 1.29 is 24.2 Å². The predicted molar refractivity (Wildman–Crippen MR) is 148 cm³/mol. The number of aromatic hydroxyl groups is 1. The zero-order valence-electron chi connectivity index (χ0n) is 21.3. The second-order valence-electron chi connectivity index (χ2n) is 9.17. The van der Waals surface area contributed by atoms with Gasteiger partial charge in [-0.1, -0.05) is 36.7 Å². The number of benzene rings is 2. The summed E-state index contributed by atoms with van der Waals surface area (Å²) >= 11 is 7.77. The zero-order chi connectivity index (χ0) is 26.5. The smallest absolute Gasteiger partial charge is 0.315 e. The first-order valence-electron chi connectivity index (χ1n) is 12.6. The fourth-order valence-electron chi connectivity index (χ4n) is 5.13. The number of esters is 1. The highest BCUT2D eigenvalue weighted by Gasteiger charge is 2.45. The molecular weight excluding hydrogens is 510 g/mol. The minimum Gasteiger partial charge on any atom is -0.504 e. The summed E-state index contributed by atoms with van der Waals surface area (Å²) in [6, 6.07) is 12.6. The molecule has 0 aromatic heterocycles. The summed E-state index contributed by atoms with van der Waals surface area (Å²) in [6.07, 6.45) is 0.901. The van der Waals surface area contributed by atoms with Crippen molar-refractivity contribution in [3.63, 3.8) is 0 Å². The molecule has 0 saturated heterocycles. The number of phenolic OH excluding ortho intramolecular Hbond substituents is 1. The number of carbonyl (C=O) groups excluding carboxylic acids is 2. The van der Waals surface area contributed by atoms with Gasteiger partial charge in [-0.2, -0.15) is 11.8 Å². The second kappa shape index (κ2) is 12.2. The molecule has 2 aromatic rings. The molecule has 0 saturated carbocycles. The van der Waals surface area contributed by atoms with Crippen molar-refractivity contribution >= 4 is 40.8 Å². The summed E-state index contributed by atoms with van der Waals surface area (Å²) in [5.74, 6) is 0.217. The fraction of sp³-hybridized carbons (Fsp3) is 0.414. The molecule has 0 bridgehead atoms. The van der Waals surface area contributed by atoms with Crippen molar-refractivity contribution in [1.29, 1.82) is 0 Å². The van der Waals surface area contributed by atoms with E-state index < -0.39 is 17.8 Å². The summed E-state index contributed by atoms with van der Waals surface area (Å²) < 4.78 is 11.3. The molecule has 8 heteroatoms. The van der Waals surface area contributed by atoms with Gasteiger partial charge >= 0.3 is 5.97 Å². The van der Waals surface area contributed by atoms with E-state index in [1.54, 1.807) is 30.0 Å². The first-order valence-corrected chi connectivity index (χ1v) is 14.1. The van der Waals surface area contributed by atoms with Gasteiger partial charge in [-0.3, -0.25) is 14.6 Å². The molecular formula is C29H32ClNO5S. The highest BCUT2D eigenvalue weighted by molar-refractivity contribution is 7.99. The molecule has 1 N–H and O–H groups in total. The molecule has 1 aliphatic heterocycles. The van der Waals surface area contributed by atoms with Crippen LogP contribution in [0.5, 0.6) is 11.5 Å². The van der Waals surface area contributed by atoms with Crippen LogP contribution < -0.4 is 4.74 Å². The molecule has 2 aliphatic rings. The minimum atomic E-state index is -0.736. The zero-order valence-corrected chi connectivity index (χ0v) is 22.9. The van der Waals surface area contributed by atoms with Crippen LogP contribution in [0.3, 0.4) is 0 Å². The Bertz CT molecular complexity index is 1220.